The van der Waals surface area contributed by atoms with Gasteiger partial charge in [0.25, 0.3) is 5.22 Å². The average molecular weight is 285 g/mol. The Hall–Kier alpha value is -1.85. The summed E-state index contributed by atoms with van der Waals surface area (Å²) in [5.41, 5.74) is 2.85. The van der Waals surface area contributed by atoms with Crippen LogP contribution in [0.2, 0.25) is 0 Å². The predicted octanol–water partition coefficient (Wildman–Crippen LogP) is 3.48. The number of para-hydroxylation sites is 2. The molecule has 4 nitrogen and oxygen atoms in total. The van der Waals surface area contributed by atoms with Crippen LogP contribution in [0.1, 0.15) is 12.5 Å². The molecule has 0 radical (unpaired) electrons. The van der Waals surface area contributed by atoms with E-state index < -0.39 is 0 Å². The molecule has 102 valence electrons. The van der Waals surface area contributed by atoms with Crippen molar-refractivity contribution in [2.24, 2.45) is 0 Å². The minimum atomic E-state index is 0.623. The minimum Gasteiger partial charge on any atom is -0.431 e. The first-order valence-corrected chi connectivity index (χ1v) is 7.36. The van der Waals surface area contributed by atoms with Crippen LogP contribution in [0, 0.1) is 0 Å². The molecule has 0 spiro atoms. The van der Waals surface area contributed by atoms with E-state index in [2.05, 4.69) is 28.3 Å². The molecule has 0 aliphatic rings. The Morgan fingerprint density at radius 2 is 2.10 bits per heavy atom. The number of fused-ring (bicyclic) bond motifs is 1. The maximum absolute atomic E-state index is 5.67. The zero-order valence-electron chi connectivity index (χ0n) is 11.2. The van der Waals surface area contributed by atoms with E-state index in [1.54, 1.807) is 0 Å². The molecule has 1 N–H and O–H groups in total. The SMILES string of the molecule is CCNCc1ccc(Sc2nc3ccccc3o2)nc1. The first-order valence-electron chi connectivity index (χ1n) is 6.54. The van der Waals surface area contributed by atoms with Crippen LogP contribution < -0.4 is 5.32 Å². The number of nitrogens with one attached hydrogen (secondary N) is 1. The van der Waals surface area contributed by atoms with Crippen LogP contribution in [0.5, 0.6) is 0 Å². The molecular weight excluding hydrogens is 270 g/mol. The van der Waals surface area contributed by atoms with Gasteiger partial charge >= 0.3 is 0 Å². The summed E-state index contributed by atoms with van der Waals surface area (Å²) in [6.45, 7) is 3.89. The predicted molar refractivity (Wildman–Crippen MR) is 79.7 cm³/mol. The first kappa shape index (κ1) is 13.1. The van der Waals surface area contributed by atoms with Crippen molar-refractivity contribution < 1.29 is 4.42 Å². The standard InChI is InChI=1S/C15H15N3OS/c1-2-16-9-11-7-8-14(17-10-11)20-15-18-12-5-3-4-6-13(12)19-15/h3-8,10,16H,2,9H2,1H3. The summed E-state index contributed by atoms with van der Waals surface area (Å²) in [5.74, 6) is 0. The lowest BCUT2D eigenvalue weighted by Gasteiger charge is -2.02. The Labute approximate surface area is 121 Å². The number of hydrogen-bond acceptors (Lipinski definition) is 5. The average Bonchev–Trinajstić information content (AvgIpc) is 2.89. The normalized spacial score (nSPS) is 11.1. The summed E-state index contributed by atoms with van der Waals surface area (Å²) in [4.78, 5) is 8.84. The molecule has 0 aliphatic heterocycles. The molecule has 0 atom stereocenters. The molecular formula is C15H15N3OS. The van der Waals surface area contributed by atoms with Gasteiger partial charge in [0.1, 0.15) is 10.5 Å². The van der Waals surface area contributed by atoms with E-state index in [0.29, 0.717) is 5.22 Å². The summed E-state index contributed by atoms with van der Waals surface area (Å²) >= 11 is 1.44. The lowest BCUT2D eigenvalue weighted by atomic mass is 10.3. The fraction of sp³-hybridized carbons (Fsp3) is 0.200. The van der Waals surface area contributed by atoms with Gasteiger partial charge in [0.15, 0.2) is 5.58 Å². The van der Waals surface area contributed by atoms with Crippen LogP contribution in [-0.2, 0) is 6.54 Å². The molecule has 0 amide bonds. The molecule has 3 aromatic rings. The summed E-state index contributed by atoms with van der Waals surface area (Å²) in [6.07, 6.45) is 1.88. The smallest absolute Gasteiger partial charge is 0.263 e. The van der Waals surface area contributed by atoms with Crippen molar-refractivity contribution in [3.63, 3.8) is 0 Å². The zero-order chi connectivity index (χ0) is 13.8. The molecule has 1 aromatic carbocycles. The molecule has 0 aliphatic carbocycles. The summed E-state index contributed by atoms with van der Waals surface area (Å²) in [5, 5.41) is 4.78. The van der Waals surface area contributed by atoms with Gasteiger partial charge in [-0.2, -0.15) is 0 Å². The topological polar surface area (TPSA) is 51.0 Å². The first-order chi connectivity index (χ1) is 9.85. The van der Waals surface area contributed by atoms with E-state index in [9.17, 15) is 0 Å². The van der Waals surface area contributed by atoms with Gasteiger partial charge in [-0.3, -0.25) is 0 Å². The third-order valence-corrected chi connectivity index (χ3v) is 3.64. The molecule has 0 unspecified atom stereocenters. The number of aromatic nitrogens is 2. The fourth-order valence-electron chi connectivity index (χ4n) is 1.83. The largest absolute Gasteiger partial charge is 0.431 e. The Morgan fingerprint density at radius 1 is 1.20 bits per heavy atom. The van der Waals surface area contributed by atoms with Gasteiger partial charge in [-0.25, -0.2) is 9.97 Å². The van der Waals surface area contributed by atoms with Crippen molar-refractivity contribution in [1.82, 2.24) is 15.3 Å². The number of benzene rings is 1. The van der Waals surface area contributed by atoms with Crippen molar-refractivity contribution >= 4 is 22.9 Å². The van der Waals surface area contributed by atoms with E-state index >= 15 is 0 Å². The lowest BCUT2D eigenvalue weighted by Crippen LogP contribution is -2.11. The molecule has 3 rings (SSSR count). The van der Waals surface area contributed by atoms with Gasteiger partial charge in [0, 0.05) is 12.7 Å². The van der Waals surface area contributed by atoms with E-state index in [1.807, 2.05) is 36.5 Å². The molecule has 2 heterocycles. The van der Waals surface area contributed by atoms with Crippen LogP contribution in [-0.4, -0.2) is 16.5 Å². The highest BCUT2D eigenvalue weighted by Crippen LogP contribution is 2.28. The van der Waals surface area contributed by atoms with Crippen LogP contribution in [0.3, 0.4) is 0 Å². The number of rotatable bonds is 5. The number of nitrogens with zero attached hydrogens (tertiary/aromatic N) is 2. The van der Waals surface area contributed by atoms with Crippen molar-refractivity contribution in [2.45, 2.75) is 23.7 Å². The summed E-state index contributed by atoms with van der Waals surface area (Å²) in [7, 11) is 0. The molecule has 0 bridgehead atoms. The highest BCUT2D eigenvalue weighted by Gasteiger charge is 2.07. The fourth-order valence-corrected chi connectivity index (χ4v) is 2.53. The van der Waals surface area contributed by atoms with Gasteiger partial charge in [-0.15, -0.1) is 0 Å². The van der Waals surface area contributed by atoms with E-state index in [0.717, 1.165) is 29.2 Å². The minimum absolute atomic E-state index is 0.623. The Morgan fingerprint density at radius 3 is 2.85 bits per heavy atom. The molecule has 0 saturated heterocycles. The van der Waals surface area contributed by atoms with Crippen molar-refractivity contribution in [2.75, 3.05) is 6.54 Å². The van der Waals surface area contributed by atoms with Crippen molar-refractivity contribution in [3.8, 4) is 0 Å². The molecule has 0 fully saturated rings. The Balaban J connectivity index is 1.73. The molecule has 0 saturated carbocycles. The lowest BCUT2D eigenvalue weighted by molar-refractivity contribution is 0.489. The van der Waals surface area contributed by atoms with E-state index in [-0.39, 0.29) is 0 Å². The maximum atomic E-state index is 5.67. The van der Waals surface area contributed by atoms with Crippen molar-refractivity contribution in [3.05, 3.63) is 48.2 Å². The summed E-state index contributed by atoms with van der Waals surface area (Å²) in [6, 6.07) is 11.8. The van der Waals surface area contributed by atoms with E-state index in [4.69, 9.17) is 4.42 Å². The Bertz CT molecular complexity index is 661. The van der Waals surface area contributed by atoms with Crippen LogP contribution in [0.4, 0.5) is 0 Å². The second-order valence-electron chi connectivity index (χ2n) is 4.33. The molecule has 20 heavy (non-hydrogen) atoms. The third kappa shape index (κ3) is 3.00. The number of pyridine rings is 1. The van der Waals surface area contributed by atoms with Crippen molar-refractivity contribution in [1.29, 1.82) is 0 Å². The van der Waals surface area contributed by atoms with Crippen LogP contribution in [0.25, 0.3) is 11.1 Å². The van der Waals surface area contributed by atoms with E-state index in [1.165, 1.54) is 17.3 Å². The van der Waals surface area contributed by atoms with Crippen LogP contribution >= 0.6 is 11.8 Å². The highest BCUT2D eigenvalue weighted by atomic mass is 32.2. The molecule has 2 aromatic heterocycles. The monoisotopic (exact) mass is 285 g/mol. The second kappa shape index (κ2) is 6.07. The van der Waals surface area contributed by atoms with Gasteiger partial charge in [-0.05, 0) is 42.1 Å². The van der Waals surface area contributed by atoms with Gasteiger partial charge in [-0.1, -0.05) is 25.1 Å². The Kier molecular flexibility index (Phi) is 3.99. The number of oxazole rings is 1. The quantitative estimate of drug-likeness (QED) is 0.777. The summed E-state index contributed by atoms with van der Waals surface area (Å²) < 4.78 is 5.67. The van der Waals surface area contributed by atoms with Gasteiger partial charge < -0.3 is 9.73 Å². The highest BCUT2D eigenvalue weighted by molar-refractivity contribution is 7.99. The van der Waals surface area contributed by atoms with Gasteiger partial charge in [0.2, 0.25) is 0 Å². The van der Waals surface area contributed by atoms with Gasteiger partial charge in [0.05, 0.1) is 0 Å². The zero-order valence-corrected chi connectivity index (χ0v) is 12.0. The maximum Gasteiger partial charge on any atom is 0.263 e. The second-order valence-corrected chi connectivity index (χ2v) is 5.31. The third-order valence-electron chi connectivity index (χ3n) is 2.84. The molecule has 5 heteroatoms. The number of hydrogen-bond donors (Lipinski definition) is 1. The van der Waals surface area contributed by atoms with Crippen LogP contribution in [0.15, 0.2) is 57.3 Å².